The first-order valence-electron chi connectivity index (χ1n) is 10.9. The van der Waals surface area contributed by atoms with Gasteiger partial charge in [0, 0.05) is 22.0 Å². The molecule has 2 atom stereocenters. The summed E-state index contributed by atoms with van der Waals surface area (Å²) < 4.78 is 0. The number of carbonyl (C=O) groups excluding carboxylic acids is 1. The monoisotopic (exact) mass is 410 g/mol. The zero-order valence-electron chi connectivity index (χ0n) is 19.5. The van der Waals surface area contributed by atoms with Crippen LogP contribution in [0.3, 0.4) is 0 Å². The Bertz CT molecular complexity index is 773. The molecule has 0 aliphatic rings. The molecule has 2 heteroatoms. The summed E-state index contributed by atoms with van der Waals surface area (Å²) in [6.07, 6.45) is 0.591. The molecule has 0 aromatic heterocycles. The lowest BCUT2D eigenvalue weighted by atomic mass is 9.85. The van der Waals surface area contributed by atoms with Crippen molar-refractivity contribution in [1.29, 1.82) is 0 Å². The molecule has 0 N–H and O–H groups in total. The Kier molecular flexibility index (Phi) is 8.17. The zero-order valence-corrected chi connectivity index (χ0v) is 20.3. The molecule has 0 unspecified atom stereocenters. The number of hydrogen-bond acceptors (Lipinski definition) is 2. The lowest BCUT2D eigenvalue weighted by Crippen LogP contribution is -2.26. The first-order valence-corrected chi connectivity index (χ1v) is 11.8. The van der Waals surface area contributed by atoms with E-state index in [0.717, 1.165) is 0 Å². The summed E-state index contributed by atoms with van der Waals surface area (Å²) in [6, 6.07) is 17.3. The van der Waals surface area contributed by atoms with Crippen molar-refractivity contribution in [3.8, 4) is 0 Å². The summed E-state index contributed by atoms with van der Waals surface area (Å²) in [5, 5.41) is 0.210. The third-order valence-electron chi connectivity index (χ3n) is 5.70. The molecule has 158 valence electrons. The van der Waals surface area contributed by atoms with Gasteiger partial charge in [0.25, 0.3) is 0 Å². The number of hydrogen-bond donors (Lipinski definition) is 0. The van der Waals surface area contributed by atoms with Gasteiger partial charge in [-0.05, 0) is 34.4 Å². The molecule has 0 amide bonds. The van der Waals surface area contributed by atoms with Crippen molar-refractivity contribution in [3.05, 3.63) is 65.2 Å². The van der Waals surface area contributed by atoms with Crippen molar-refractivity contribution in [1.82, 2.24) is 0 Å². The number of benzene rings is 2. The van der Waals surface area contributed by atoms with Crippen LogP contribution in [-0.4, -0.2) is 11.0 Å². The molecule has 0 radical (unpaired) electrons. The van der Waals surface area contributed by atoms with E-state index < -0.39 is 0 Å². The van der Waals surface area contributed by atoms with E-state index in [9.17, 15) is 4.79 Å². The molecular weight excluding hydrogens is 372 g/mol. The van der Waals surface area contributed by atoms with Crippen molar-refractivity contribution < 1.29 is 4.79 Å². The van der Waals surface area contributed by atoms with Crippen LogP contribution in [0.4, 0.5) is 0 Å². The van der Waals surface area contributed by atoms with Gasteiger partial charge in [-0.2, -0.15) is 0 Å². The maximum atomic E-state index is 13.0. The summed E-state index contributed by atoms with van der Waals surface area (Å²) in [7, 11) is 0. The van der Waals surface area contributed by atoms with Gasteiger partial charge in [-0.3, -0.25) is 4.79 Å². The van der Waals surface area contributed by atoms with Gasteiger partial charge in [-0.15, -0.1) is 11.8 Å². The quantitative estimate of drug-likeness (QED) is 0.408. The van der Waals surface area contributed by atoms with Crippen molar-refractivity contribution in [2.24, 2.45) is 5.41 Å². The molecule has 2 aromatic carbocycles. The number of Topliss-reactive ketones (excluding diaryl/α,β-unsaturated/α-hetero) is 1. The summed E-state index contributed by atoms with van der Waals surface area (Å²) in [5.74, 6) is 1.56. The standard InChI is InChI=1S/C27H38OS/c1-18(2)22-15-12-16-23(19(3)4)26(22)29-24(17-25(28)27(6,7)8)20(5)21-13-10-9-11-14-21/h9-16,18-20,24H,17H2,1-8H3/t20-,24+/m1/s1. The lowest BCUT2D eigenvalue weighted by molar-refractivity contribution is -0.126. The van der Waals surface area contributed by atoms with Crippen LogP contribution < -0.4 is 0 Å². The van der Waals surface area contributed by atoms with Gasteiger partial charge in [0.2, 0.25) is 0 Å². The highest BCUT2D eigenvalue weighted by Crippen LogP contribution is 2.43. The van der Waals surface area contributed by atoms with Crippen LogP contribution in [0.25, 0.3) is 0 Å². The molecule has 0 heterocycles. The SMILES string of the molecule is CC(C)c1cccc(C(C)C)c1S[C@@H](CC(=O)C(C)(C)C)[C@H](C)c1ccccc1. The van der Waals surface area contributed by atoms with Gasteiger partial charge in [0.1, 0.15) is 5.78 Å². The molecule has 29 heavy (non-hydrogen) atoms. The largest absolute Gasteiger partial charge is 0.299 e. The Labute approximate surface area is 182 Å². The van der Waals surface area contributed by atoms with Gasteiger partial charge in [0.05, 0.1) is 0 Å². The zero-order chi connectivity index (χ0) is 21.8. The minimum Gasteiger partial charge on any atom is -0.299 e. The summed E-state index contributed by atoms with van der Waals surface area (Å²) >= 11 is 1.93. The van der Waals surface area contributed by atoms with E-state index >= 15 is 0 Å². The predicted molar refractivity (Wildman–Crippen MR) is 128 cm³/mol. The molecule has 0 aliphatic heterocycles. The fourth-order valence-corrected chi connectivity index (χ4v) is 5.33. The van der Waals surface area contributed by atoms with Gasteiger partial charge in [-0.1, -0.05) is 104 Å². The first kappa shape index (κ1) is 23.7. The summed E-state index contributed by atoms with van der Waals surface area (Å²) in [6.45, 7) is 17.4. The highest BCUT2D eigenvalue weighted by atomic mass is 32.2. The average molecular weight is 411 g/mol. The molecule has 0 aliphatic carbocycles. The lowest BCUT2D eigenvalue weighted by Gasteiger charge is -2.29. The van der Waals surface area contributed by atoms with E-state index in [4.69, 9.17) is 0 Å². The highest BCUT2D eigenvalue weighted by Gasteiger charge is 2.30. The van der Waals surface area contributed by atoms with Crippen molar-refractivity contribution in [2.45, 2.75) is 89.7 Å². The highest BCUT2D eigenvalue weighted by molar-refractivity contribution is 8.00. The fraction of sp³-hybridized carbons (Fsp3) is 0.519. The minimum atomic E-state index is -0.312. The van der Waals surface area contributed by atoms with E-state index in [1.54, 1.807) is 0 Å². The molecule has 0 spiro atoms. The van der Waals surface area contributed by atoms with Gasteiger partial charge in [-0.25, -0.2) is 0 Å². The van der Waals surface area contributed by atoms with E-state index in [1.807, 2.05) is 32.5 Å². The maximum absolute atomic E-state index is 13.0. The Morgan fingerprint density at radius 1 is 0.828 bits per heavy atom. The Balaban J connectivity index is 2.49. The second-order valence-electron chi connectivity index (χ2n) is 9.81. The minimum absolute atomic E-state index is 0.210. The summed E-state index contributed by atoms with van der Waals surface area (Å²) in [4.78, 5) is 14.4. The van der Waals surface area contributed by atoms with Crippen LogP contribution in [0, 0.1) is 5.41 Å². The second-order valence-corrected chi connectivity index (χ2v) is 11.1. The number of rotatable bonds is 8. The Hall–Kier alpha value is -1.54. The van der Waals surface area contributed by atoms with E-state index in [0.29, 0.717) is 30.0 Å². The molecule has 1 nitrogen and oxygen atoms in total. The fourth-order valence-electron chi connectivity index (χ4n) is 3.55. The van der Waals surface area contributed by atoms with E-state index in [-0.39, 0.29) is 10.7 Å². The number of carbonyl (C=O) groups is 1. The van der Waals surface area contributed by atoms with Gasteiger partial charge >= 0.3 is 0 Å². The molecule has 0 fully saturated rings. The van der Waals surface area contributed by atoms with Gasteiger partial charge in [0.15, 0.2) is 0 Å². The van der Waals surface area contributed by atoms with Crippen LogP contribution >= 0.6 is 11.8 Å². The number of ketones is 1. The van der Waals surface area contributed by atoms with Crippen LogP contribution in [-0.2, 0) is 4.79 Å². The Morgan fingerprint density at radius 2 is 1.34 bits per heavy atom. The smallest absolute Gasteiger partial charge is 0.139 e. The van der Waals surface area contributed by atoms with Crippen molar-refractivity contribution in [2.75, 3.05) is 0 Å². The van der Waals surface area contributed by atoms with Crippen LogP contribution in [0.2, 0.25) is 0 Å². The topological polar surface area (TPSA) is 17.1 Å². The second kappa shape index (κ2) is 9.98. The molecule has 2 rings (SSSR count). The Morgan fingerprint density at radius 3 is 1.79 bits per heavy atom. The van der Waals surface area contributed by atoms with Crippen LogP contribution in [0.1, 0.15) is 96.3 Å². The maximum Gasteiger partial charge on any atom is 0.139 e. The molecule has 0 saturated heterocycles. The van der Waals surface area contributed by atoms with Crippen molar-refractivity contribution >= 4 is 17.5 Å². The molecule has 2 aromatic rings. The van der Waals surface area contributed by atoms with Gasteiger partial charge < -0.3 is 0 Å². The van der Waals surface area contributed by atoms with Crippen LogP contribution in [0.15, 0.2) is 53.4 Å². The number of thioether (sulfide) groups is 1. The van der Waals surface area contributed by atoms with E-state index in [2.05, 4.69) is 83.1 Å². The van der Waals surface area contributed by atoms with Crippen LogP contribution in [0.5, 0.6) is 0 Å². The third-order valence-corrected chi connectivity index (χ3v) is 7.28. The average Bonchev–Trinajstić information content (AvgIpc) is 2.66. The molecule has 0 saturated carbocycles. The normalized spacial score (nSPS) is 14.3. The molecular formula is C27H38OS. The third kappa shape index (κ3) is 6.22. The van der Waals surface area contributed by atoms with Crippen molar-refractivity contribution in [3.63, 3.8) is 0 Å². The summed E-state index contributed by atoms with van der Waals surface area (Å²) in [5.41, 5.74) is 3.79. The first-order chi connectivity index (χ1) is 13.5. The van der Waals surface area contributed by atoms with E-state index in [1.165, 1.54) is 21.6 Å². The predicted octanol–water partition coefficient (Wildman–Crippen LogP) is 8.20. The molecule has 0 bridgehead atoms.